The average Bonchev–Trinajstić information content (AvgIpc) is 2.70. The molecular weight excluding hydrogens is 208 g/mol. The van der Waals surface area contributed by atoms with Crippen molar-refractivity contribution in [2.75, 3.05) is 13.1 Å². The molecule has 0 radical (unpaired) electrons. The summed E-state index contributed by atoms with van der Waals surface area (Å²) in [5, 5.41) is 4.03. The predicted octanol–water partition coefficient (Wildman–Crippen LogP) is 1.24. The Kier molecular flexibility index (Phi) is 3.38. The van der Waals surface area contributed by atoms with E-state index >= 15 is 0 Å². The molecule has 2 rings (SSSR count). The van der Waals surface area contributed by atoms with Crippen LogP contribution >= 0.6 is 11.3 Å². The number of hydrogen-bond acceptors (Lipinski definition) is 3. The van der Waals surface area contributed by atoms with Gasteiger partial charge in [-0.05, 0) is 35.2 Å². The molecule has 2 heterocycles. The van der Waals surface area contributed by atoms with Gasteiger partial charge in [-0.1, -0.05) is 0 Å². The minimum absolute atomic E-state index is 0.171. The molecule has 0 aliphatic carbocycles. The van der Waals surface area contributed by atoms with Gasteiger partial charge in [0.2, 0.25) is 5.91 Å². The average molecular weight is 224 g/mol. The van der Waals surface area contributed by atoms with Crippen LogP contribution in [-0.4, -0.2) is 29.9 Å². The zero-order valence-corrected chi connectivity index (χ0v) is 9.50. The Morgan fingerprint density at radius 1 is 1.67 bits per heavy atom. The molecule has 1 fully saturated rings. The molecule has 1 aliphatic heterocycles. The molecule has 0 spiro atoms. The molecule has 15 heavy (non-hydrogen) atoms. The lowest BCUT2D eigenvalue weighted by atomic mass is 10.1. The van der Waals surface area contributed by atoms with E-state index < -0.39 is 0 Å². The number of nitrogens with zero attached hydrogens (tertiary/aromatic N) is 1. The maximum atomic E-state index is 11.9. The second kappa shape index (κ2) is 4.77. The molecule has 0 bridgehead atoms. The van der Waals surface area contributed by atoms with Crippen LogP contribution in [0.15, 0.2) is 16.8 Å². The van der Waals surface area contributed by atoms with Crippen LogP contribution < -0.4 is 5.73 Å². The fourth-order valence-electron chi connectivity index (χ4n) is 1.92. The van der Waals surface area contributed by atoms with Crippen LogP contribution in [-0.2, 0) is 11.2 Å². The van der Waals surface area contributed by atoms with E-state index in [0.29, 0.717) is 6.42 Å². The minimum Gasteiger partial charge on any atom is -0.341 e. The van der Waals surface area contributed by atoms with Crippen molar-refractivity contribution in [1.29, 1.82) is 0 Å². The summed E-state index contributed by atoms with van der Waals surface area (Å²) in [6.07, 6.45) is 2.61. The Hall–Kier alpha value is -0.870. The molecule has 1 saturated heterocycles. The van der Waals surface area contributed by atoms with Crippen LogP contribution in [0.4, 0.5) is 0 Å². The summed E-state index contributed by atoms with van der Waals surface area (Å²) in [7, 11) is 0. The molecule has 1 amide bonds. The number of rotatable bonds is 2. The van der Waals surface area contributed by atoms with Crippen LogP contribution in [0, 0.1) is 0 Å². The van der Waals surface area contributed by atoms with E-state index in [1.54, 1.807) is 11.3 Å². The number of likely N-dealkylation sites (tertiary alicyclic amines) is 1. The monoisotopic (exact) mass is 224 g/mol. The first-order valence-electron chi connectivity index (χ1n) is 5.30. The number of thiophene rings is 1. The topological polar surface area (TPSA) is 46.3 Å². The van der Waals surface area contributed by atoms with Crippen LogP contribution in [0.5, 0.6) is 0 Å². The van der Waals surface area contributed by atoms with Gasteiger partial charge in [-0.25, -0.2) is 0 Å². The van der Waals surface area contributed by atoms with E-state index in [9.17, 15) is 4.79 Å². The summed E-state index contributed by atoms with van der Waals surface area (Å²) in [5.41, 5.74) is 6.96. The Labute approximate surface area is 93.9 Å². The van der Waals surface area contributed by atoms with E-state index in [2.05, 4.69) is 0 Å². The number of nitrogens with two attached hydrogens (primary N) is 1. The first-order chi connectivity index (χ1) is 7.25. The van der Waals surface area contributed by atoms with Gasteiger partial charge in [0.15, 0.2) is 0 Å². The summed E-state index contributed by atoms with van der Waals surface area (Å²) in [6.45, 7) is 1.60. The van der Waals surface area contributed by atoms with Crippen molar-refractivity contribution in [3.8, 4) is 0 Å². The molecule has 3 nitrogen and oxygen atoms in total. The van der Waals surface area contributed by atoms with Gasteiger partial charge in [-0.3, -0.25) is 4.79 Å². The molecule has 1 aromatic heterocycles. The summed E-state index contributed by atoms with van der Waals surface area (Å²) in [6, 6.07) is 2.18. The highest BCUT2D eigenvalue weighted by atomic mass is 32.1. The minimum atomic E-state index is 0.171. The van der Waals surface area contributed by atoms with Gasteiger partial charge in [0.1, 0.15) is 0 Å². The van der Waals surface area contributed by atoms with E-state index in [-0.39, 0.29) is 11.9 Å². The number of piperidine rings is 1. The summed E-state index contributed by atoms with van der Waals surface area (Å²) in [4.78, 5) is 13.8. The molecule has 82 valence electrons. The van der Waals surface area contributed by atoms with Crippen molar-refractivity contribution in [2.45, 2.75) is 25.3 Å². The fourth-order valence-corrected chi connectivity index (χ4v) is 2.58. The largest absolute Gasteiger partial charge is 0.341 e. The van der Waals surface area contributed by atoms with E-state index in [0.717, 1.165) is 31.5 Å². The normalized spacial score (nSPS) is 21.7. The van der Waals surface area contributed by atoms with Crippen LogP contribution in [0.3, 0.4) is 0 Å². The number of hydrogen-bond donors (Lipinski definition) is 1. The lowest BCUT2D eigenvalue weighted by Crippen LogP contribution is -2.46. The molecule has 0 unspecified atom stereocenters. The van der Waals surface area contributed by atoms with Gasteiger partial charge in [-0.2, -0.15) is 11.3 Å². The second-order valence-corrected chi connectivity index (χ2v) is 4.83. The maximum Gasteiger partial charge on any atom is 0.227 e. The zero-order valence-electron chi connectivity index (χ0n) is 8.69. The van der Waals surface area contributed by atoms with E-state index in [1.165, 1.54) is 0 Å². The Balaban J connectivity index is 1.90. The Morgan fingerprint density at radius 3 is 3.20 bits per heavy atom. The quantitative estimate of drug-likeness (QED) is 0.821. The second-order valence-electron chi connectivity index (χ2n) is 4.05. The van der Waals surface area contributed by atoms with Crippen molar-refractivity contribution in [3.63, 3.8) is 0 Å². The third-order valence-electron chi connectivity index (χ3n) is 2.75. The Morgan fingerprint density at radius 2 is 2.53 bits per heavy atom. The van der Waals surface area contributed by atoms with Crippen molar-refractivity contribution in [2.24, 2.45) is 5.73 Å². The van der Waals surface area contributed by atoms with Crippen LogP contribution in [0.25, 0.3) is 0 Å². The van der Waals surface area contributed by atoms with Gasteiger partial charge >= 0.3 is 0 Å². The first-order valence-corrected chi connectivity index (χ1v) is 6.24. The van der Waals surface area contributed by atoms with E-state index in [4.69, 9.17) is 5.73 Å². The Bertz CT molecular complexity index is 323. The SMILES string of the molecule is N[C@@H]1CCCN(C(=O)Cc2ccsc2)C1. The maximum absolute atomic E-state index is 11.9. The molecule has 1 aromatic rings. The summed E-state index contributed by atoms with van der Waals surface area (Å²) >= 11 is 1.63. The van der Waals surface area contributed by atoms with Gasteiger partial charge in [-0.15, -0.1) is 0 Å². The van der Waals surface area contributed by atoms with Gasteiger partial charge < -0.3 is 10.6 Å². The van der Waals surface area contributed by atoms with Gasteiger partial charge in [0.05, 0.1) is 6.42 Å². The summed E-state index contributed by atoms with van der Waals surface area (Å²) in [5.74, 6) is 0.212. The lowest BCUT2D eigenvalue weighted by molar-refractivity contribution is -0.131. The standard InChI is InChI=1S/C11H16N2OS/c12-10-2-1-4-13(7-10)11(14)6-9-3-5-15-8-9/h3,5,8,10H,1-2,4,6-7,12H2/t10-/m1/s1. The van der Waals surface area contributed by atoms with Crippen molar-refractivity contribution in [3.05, 3.63) is 22.4 Å². The molecule has 4 heteroatoms. The molecule has 2 N–H and O–H groups in total. The van der Waals surface area contributed by atoms with Crippen molar-refractivity contribution >= 4 is 17.2 Å². The third kappa shape index (κ3) is 2.79. The van der Waals surface area contributed by atoms with Crippen molar-refractivity contribution < 1.29 is 4.79 Å². The van der Waals surface area contributed by atoms with Crippen LogP contribution in [0.1, 0.15) is 18.4 Å². The lowest BCUT2D eigenvalue weighted by Gasteiger charge is -2.30. The highest BCUT2D eigenvalue weighted by Crippen LogP contribution is 2.12. The van der Waals surface area contributed by atoms with E-state index in [1.807, 2.05) is 21.7 Å². The molecule has 1 atom stereocenters. The van der Waals surface area contributed by atoms with Gasteiger partial charge in [0.25, 0.3) is 0 Å². The summed E-state index contributed by atoms with van der Waals surface area (Å²) < 4.78 is 0. The predicted molar refractivity (Wildman–Crippen MR) is 61.8 cm³/mol. The molecule has 0 aromatic carbocycles. The first kappa shape index (κ1) is 10.6. The van der Waals surface area contributed by atoms with Crippen molar-refractivity contribution in [1.82, 2.24) is 4.90 Å². The number of carbonyl (C=O) groups excluding carboxylic acids is 1. The molecular formula is C11H16N2OS. The smallest absolute Gasteiger partial charge is 0.227 e. The third-order valence-corrected chi connectivity index (χ3v) is 3.48. The number of carbonyl (C=O) groups is 1. The molecule has 1 aliphatic rings. The highest BCUT2D eigenvalue weighted by Gasteiger charge is 2.20. The highest BCUT2D eigenvalue weighted by molar-refractivity contribution is 7.07. The van der Waals surface area contributed by atoms with Gasteiger partial charge in [0, 0.05) is 19.1 Å². The van der Waals surface area contributed by atoms with Crippen LogP contribution in [0.2, 0.25) is 0 Å². The molecule has 0 saturated carbocycles. The zero-order chi connectivity index (χ0) is 10.7. The number of amides is 1. The fraction of sp³-hybridized carbons (Fsp3) is 0.545.